The number of aromatic carboxylic acids is 1. The Bertz CT molecular complexity index is 777. The summed E-state index contributed by atoms with van der Waals surface area (Å²) in [5.41, 5.74) is 1.40. The zero-order valence-corrected chi connectivity index (χ0v) is 13.1. The lowest BCUT2D eigenvalue weighted by atomic mass is 10.0. The maximum Gasteiger partial charge on any atom is 0.348 e. The summed E-state index contributed by atoms with van der Waals surface area (Å²) < 4.78 is 0. The second-order valence-electron chi connectivity index (χ2n) is 4.28. The lowest BCUT2D eigenvalue weighted by Crippen LogP contribution is -1.95. The molecule has 1 N–H and O–H groups in total. The van der Waals surface area contributed by atoms with Gasteiger partial charge in [0, 0.05) is 5.56 Å². The molecule has 0 spiro atoms. The molecule has 1 aromatic heterocycles. The molecule has 2 aromatic carbocycles. The lowest BCUT2D eigenvalue weighted by Gasteiger charge is -2.02. The highest BCUT2D eigenvalue weighted by Crippen LogP contribution is 2.30. The van der Waals surface area contributed by atoms with Crippen LogP contribution in [0.5, 0.6) is 0 Å². The summed E-state index contributed by atoms with van der Waals surface area (Å²) in [7, 11) is 0. The van der Waals surface area contributed by atoms with Gasteiger partial charge in [-0.3, -0.25) is 0 Å². The monoisotopic (exact) mass is 299 g/mol. The van der Waals surface area contributed by atoms with Crippen LogP contribution >= 0.6 is 11.3 Å². The van der Waals surface area contributed by atoms with E-state index in [4.69, 9.17) is 0 Å². The Kier molecular flexibility index (Phi) is 4.70. The zero-order valence-electron chi connectivity index (χ0n) is 12.3. The van der Waals surface area contributed by atoms with E-state index in [9.17, 15) is 9.90 Å². The van der Waals surface area contributed by atoms with E-state index in [-0.39, 0.29) is 0 Å². The first kappa shape index (κ1) is 15.2. The van der Waals surface area contributed by atoms with Crippen molar-refractivity contribution in [2.24, 2.45) is 0 Å². The molecule has 0 fully saturated rings. The van der Waals surface area contributed by atoms with Crippen LogP contribution in [0.2, 0.25) is 0 Å². The third kappa shape index (κ3) is 3.11. The number of fused-ring (bicyclic) bond motifs is 1. The summed E-state index contributed by atoms with van der Waals surface area (Å²) in [5.74, 6) is -0.922. The fourth-order valence-electron chi connectivity index (χ4n) is 2.10. The van der Waals surface area contributed by atoms with Gasteiger partial charge in [0.05, 0.1) is 10.7 Å². The normalized spacial score (nSPS) is 10.0. The molecule has 0 aliphatic rings. The maximum absolute atomic E-state index is 11.2. The fourth-order valence-corrected chi connectivity index (χ4v) is 2.88. The van der Waals surface area contributed by atoms with Crippen molar-refractivity contribution in [2.45, 2.75) is 20.8 Å². The number of aryl methyl sites for hydroxylation is 1. The van der Waals surface area contributed by atoms with E-state index in [1.54, 1.807) is 0 Å². The van der Waals surface area contributed by atoms with Crippen LogP contribution in [0.25, 0.3) is 22.0 Å². The third-order valence-corrected chi connectivity index (χ3v) is 3.91. The van der Waals surface area contributed by atoms with Crippen LogP contribution in [0.3, 0.4) is 0 Å². The number of hydrogen-bond donors (Lipinski definition) is 1. The molecule has 108 valence electrons. The van der Waals surface area contributed by atoms with Gasteiger partial charge in [0.1, 0.15) is 4.88 Å². The Morgan fingerprint density at radius 3 is 2.43 bits per heavy atom. The van der Waals surface area contributed by atoms with E-state index < -0.39 is 5.97 Å². The van der Waals surface area contributed by atoms with Crippen molar-refractivity contribution in [3.05, 3.63) is 52.3 Å². The van der Waals surface area contributed by atoms with Gasteiger partial charge in [-0.1, -0.05) is 50.2 Å². The number of rotatable bonds is 2. The van der Waals surface area contributed by atoms with E-state index in [2.05, 4.69) is 4.98 Å². The average Bonchev–Trinajstić information content (AvgIpc) is 2.91. The van der Waals surface area contributed by atoms with Crippen LogP contribution in [0, 0.1) is 6.92 Å². The molecule has 0 bridgehead atoms. The third-order valence-electron chi connectivity index (χ3n) is 2.95. The van der Waals surface area contributed by atoms with Gasteiger partial charge < -0.3 is 5.11 Å². The Labute approximate surface area is 127 Å². The van der Waals surface area contributed by atoms with Gasteiger partial charge >= 0.3 is 5.97 Å². The van der Waals surface area contributed by atoms with E-state index in [0.29, 0.717) is 10.6 Å². The Morgan fingerprint density at radius 2 is 1.76 bits per heavy atom. The van der Waals surface area contributed by atoms with Crippen molar-refractivity contribution in [3.8, 4) is 11.3 Å². The number of nitrogens with zero attached hydrogens (tertiary/aromatic N) is 1. The molecule has 0 atom stereocenters. The number of hydrogen-bond acceptors (Lipinski definition) is 3. The van der Waals surface area contributed by atoms with Crippen molar-refractivity contribution in [3.63, 3.8) is 0 Å². The number of carboxylic acids is 1. The lowest BCUT2D eigenvalue weighted by molar-refractivity contribution is 0.0702. The molecule has 0 saturated carbocycles. The van der Waals surface area contributed by atoms with Crippen molar-refractivity contribution in [1.29, 1.82) is 0 Å². The predicted molar refractivity (Wildman–Crippen MR) is 88.1 cm³/mol. The van der Waals surface area contributed by atoms with Crippen LogP contribution in [-0.4, -0.2) is 16.1 Å². The highest BCUT2D eigenvalue weighted by atomic mass is 32.1. The largest absolute Gasteiger partial charge is 0.477 e. The second-order valence-corrected chi connectivity index (χ2v) is 5.48. The minimum absolute atomic E-state index is 0.299. The maximum atomic E-state index is 11.2. The van der Waals surface area contributed by atoms with Gasteiger partial charge in [-0.05, 0) is 23.8 Å². The fraction of sp³-hybridized carbons (Fsp3) is 0.176. The summed E-state index contributed by atoms with van der Waals surface area (Å²) in [6.07, 6.45) is 0. The molecule has 21 heavy (non-hydrogen) atoms. The van der Waals surface area contributed by atoms with Gasteiger partial charge in [0.15, 0.2) is 0 Å². The van der Waals surface area contributed by atoms with Gasteiger partial charge in [-0.15, -0.1) is 11.3 Å². The minimum atomic E-state index is -0.922. The first-order chi connectivity index (χ1) is 10.1. The van der Waals surface area contributed by atoms with E-state index in [1.165, 1.54) is 11.3 Å². The van der Waals surface area contributed by atoms with Crippen molar-refractivity contribution in [2.75, 3.05) is 0 Å². The summed E-state index contributed by atoms with van der Waals surface area (Å²) >= 11 is 1.21. The van der Waals surface area contributed by atoms with Crippen LogP contribution in [0.1, 0.15) is 28.5 Å². The molecule has 3 nitrogen and oxygen atoms in total. The number of aromatic nitrogens is 1. The summed E-state index contributed by atoms with van der Waals surface area (Å²) in [6, 6.07) is 13.9. The van der Waals surface area contributed by atoms with Gasteiger partial charge in [-0.25, -0.2) is 9.78 Å². The quantitative estimate of drug-likeness (QED) is 0.724. The molecule has 0 saturated heterocycles. The minimum Gasteiger partial charge on any atom is -0.477 e. The molecule has 3 rings (SSSR count). The SMILES string of the molecule is CC.Cc1nc(-c2ccc3ccccc3c2)c(C(=O)O)s1. The molecular formula is C17H17NO2S. The zero-order chi connectivity index (χ0) is 15.4. The molecule has 3 aromatic rings. The van der Waals surface area contributed by atoms with Gasteiger partial charge in [0.2, 0.25) is 0 Å². The standard InChI is InChI=1S/C15H11NO2S.C2H6/c1-9-16-13(14(19-9)15(17)18)12-7-6-10-4-2-3-5-11(10)8-12;1-2/h2-8H,1H3,(H,17,18);1-2H3. The highest BCUT2D eigenvalue weighted by Gasteiger charge is 2.17. The molecule has 0 unspecified atom stereocenters. The van der Waals surface area contributed by atoms with Crippen LogP contribution in [-0.2, 0) is 0 Å². The highest BCUT2D eigenvalue weighted by molar-refractivity contribution is 7.14. The van der Waals surface area contributed by atoms with Crippen molar-refractivity contribution in [1.82, 2.24) is 4.98 Å². The van der Waals surface area contributed by atoms with Crippen LogP contribution in [0.4, 0.5) is 0 Å². The van der Waals surface area contributed by atoms with E-state index in [1.807, 2.05) is 63.2 Å². The molecule has 0 radical (unpaired) electrons. The number of carboxylic acid groups (broad SMARTS) is 1. The summed E-state index contributed by atoms with van der Waals surface area (Å²) in [4.78, 5) is 15.9. The van der Waals surface area contributed by atoms with Crippen LogP contribution < -0.4 is 0 Å². The van der Waals surface area contributed by atoms with Gasteiger partial charge in [0.25, 0.3) is 0 Å². The van der Waals surface area contributed by atoms with Crippen LogP contribution in [0.15, 0.2) is 42.5 Å². The molecule has 4 heteroatoms. The Hall–Kier alpha value is -2.20. The molecule has 0 aliphatic heterocycles. The first-order valence-corrected chi connectivity index (χ1v) is 7.67. The number of thiazole rings is 1. The molecule has 0 amide bonds. The number of benzene rings is 2. The molecule has 0 aliphatic carbocycles. The first-order valence-electron chi connectivity index (χ1n) is 6.85. The second kappa shape index (κ2) is 6.50. The summed E-state index contributed by atoms with van der Waals surface area (Å²) in [6.45, 7) is 5.82. The van der Waals surface area contributed by atoms with Crippen molar-refractivity contribution < 1.29 is 9.90 Å². The molecule has 1 heterocycles. The van der Waals surface area contributed by atoms with E-state index >= 15 is 0 Å². The number of carbonyl (C=O) groups is 1. The topological polar surface area (TPSA) is 50.2 Å². The average molecular weight is 299 g/mol. The van der Waals surface area contributed by atoms with Gasteiger partial charge in [-0.2, -0.15) is 0 Å². The smallest absolute Gasteiger partial charge is 0.348 e. The Morgan fingerprint density at radius 1 is 1.10 bits per heavy atom. The molecular weight excluding hydrogens is 282 g/mol. The van der Waals surface area contributed by atoms with Crippen molar-refractivity contribution >= 4 is 28.1 Å². The van der Waals surface area contributed by atoms with E-state index in [0.717, 1.165) is 21.3 Å². The summed E-state index contributed by atoms with van der Waals surface area (Å²) in [5, 5.41) is 12.2. The Balaban J connectivity index is 0.000000774. The predicted octanol–water partition coefficient (Wildman–Crippen LogP) is 5.00.